The Kier molecular flexibility index (Phi) is 4.28. The lowest BCUT2D eigenvalue weighted by Gasteiger charge is -2.30. The number of amides is 1. The third-order valence-corrected chi connectivity index (χ3v) is 4.24. The number of aromatic hydroxyl groups is 1. The summed E-state index contributed by atoms with van der Waals surface area (Å²) >= 11 is 1.99. The van der Waals surface area contributed by atoms with Crippen LogP contribution in [-0.2, 0) is 4.79 Å². The molecule has 0 bridgehead atoms. The minimum absolute atomic E-state index is 0.0897. The first-order chi connectivity index (χ1) is 8.99. The van der Waals surface area contributed by atoms with Crippen LogP contribution in [0.3, 0.4) is 0 Å². The van der Waals surface area contributed by atoms with Gasteiger partial charge >= 0.3 is 5.97 Å². The first kappa shape index (κ1) is 14.1. The zero-order valence-electron chi connectivity index (χ0n) is 10.2. The number of phenolic OH excluding ortho intramolecular Hbond substituents is 1. The van der Waals surface area contributed by atoms with E-state index in [2.05, 4.69) is 0 Å². The Morgan fingerprint density at radius 3 is 2.42 bits per heavy atom. The van der Waals surface area contributed by atoms with Gasteiger partial charge in [0.2, 0.25) is 0 Å². The van der Waals surface area contributed by atoms with Gasteiger partial charge in [-0.15, -0.1) is 0 Å². The Labute approximate surface area is 124 Å². The Morgan fingerprint density at radius 2 is 1.89 bits per heavy atom. The smallest absolute Gasteiger partial charge is 0.306 e. The van der Waals surface area contributed by atoms with Gasteiger partial charge in [0, 0.05) is 18.7 Å². The number of nitrogens with zero attached hydrogens (tertiary/aromatic N) is 1. The summed E-state index contributed by atoms with van der Waals surface area (Å²) in [5.74, 6) is -1.21. The maximum absolute atomic E-state index is 12.2. The van der Waals surface area contributed by atoms with Crippen molar-refractivity contribution in [3.05, 3.63) is 27.3 Å². The fourth-order valence-electron chi connectivity index (χ4n) is 2.16. The second kappa shape index (κ2) is 5.77. The summed E-state index contributed by atoms with van der Waals surface area (Å²) in [6, 6.07) is 4.81. The molecule has 5 nitrogen and oxygen atoms in total. The van der Waals surface area contributed by atoms with E-state index < -0.39 is 5.97 Å². The standard InChI is InChI=1S/C13H14INO4/c14-10-2-1-9(7-11(10)16)12(17)15-5-3-8(4-6-15)13(18)19/h1-2,7-8,16H,3-6H2,(H,18,19). The lowest BCUT2D eigenvalue weighted by atomic mass is 9.96. The highest BCUT2D eigenvalue weighted by atomic mass is 127. The average molecular weight is 375 g/mol. The highest BCUT2D eigenvalue weighted by molar-refractivity contribution is 14.1. The largest absolute Gasteiger partial charge is 0.507 e. The SMILES string of the molecule is O=C(O)C1CCN(C(=O)c2ccc(I)c(O)c2)CC1. The number of piperidine rings is 1. The Balaban J connectivity index is 2.05. The van der Waals surface area contributed by atoms with Gasteiger partial charge in [-0.3, -0.25) is 9.59 Å². The molecule has 1 saturated heterocycles. The molecule has 0 aromatic heterocycles. The van der Waals surface area contributed by atoms with Crippen LogP contribution in [0.15, 0.2) is 18.2 Å². The van der Waals surface area contributed by atoms with Crippen molar-refractivity contribution in [1.29, 1.82) is 0 Å². The third kappa shape index (κ3) is 3.17. The van der Waals surface area contributed by atoms with Crippen LogP contribution in [0.1, 0.15) is 23.2 Å². The van der Waals surface area contributed by atoms with E-state index in [1.54, 1.807) is 17.0 Å². The van der Waals surface area contributed by atoms with E-state index in [1.165, 1.54) is 6.07 Å². The van der Waals surface area contributed by atoms with Crippen molar-refractivity contribution in [3.63, 3.8) is 0 Å². The van der Waals surface area contributed by atoms with Gasteiger partial charge in [0.25, 0.3) is 5.91 Å². The van der Waals surface area contributed by atoms with E-state index in [0.717, 1.165) is 0 Å². The van der Waals surface area contributed by atoms with E-state index in [9.17, 15) is 14.7 Å². The van der Waals surface area contributed by atoms with Crippen LogP contribution in [0.5, 0.6) is 5.75 Å². The Hall–Kier alpha value is -1.31. The van der Waals surface area contributed by atoms with Crippen LogP contribution in [0.4, 0.5) is 0 Å². The first-order valence-electron chi connectivity index (χ1n) is 5.99. The highest BCUT2D eigenvalue weighted by Crippen LogP contribution is 2.23. The predicted molar refractivity (Wildman–Crippen MR) is 77.1 cm³/mol. The van der Waals surface area contributed by atoms with Crippen molar-refractivity contribution in [2.75, 3.05) is 13.1 Å². The molecule has 0 spiro atoms. The second-order valence-corrected chi connectivity index (χ2v) is 5.73. The first-order valence-corrected chi connectivity index (χ1v) is 7.07. The number of carboxylic acid groups (broad SMARTS) is 1. The van der Waals surface area contributed by atoms with E-state index in [1.807, 2.05) is 22.6 Å². The van der Waals surface area contributed by atoms with Gasteiger partial charge in [0.05, 0.1) is 9.49 Å². The third-order valence-electron chi connectivity index (χ3n) is 3.32. The van der Waals surface area contributed by atoms with Crippen LogP contribution < -0.4 is 0 Å². The van der Waals surface area contributed by atoms with Gasteiger partial charge in [0.15, 0.2) is 0 Å². The number of rotatable bonds is 2. The van der Waals surface area contributed by atoms with Gasteiger partial charge in [-0.2, -0.15) is 0 Å². The number of likely N-dealkylation sites (tertiary alicyclic amines) is 1. The van der Waals surface area contributed by atoms with Crippen molar-refractivity contribution in [2.45, 2.75) is 12.8 Å². The maximum atomic E-state index is 12.2. The molecule has 2 N–H and O–H groups in total. The van der Waals surface area contributed by atoms with Crippen LogP contribution in [0, 0.1) is 9.49 Å². The normalized spacial score (nSPS) is 16.4. The molecule has 1 heterocycles. The predicted octanol–water partition coefficient (Wildman–Crippen LogP) is 1.93. The topological polar surface area (TPSA) is 77.8 Å². The van der Waals surface area contributed by atoms with Crippen LogP contribution in [0.25, 0.3) is 0 Å². The molecule has 1 amide bonds. The molecular formula is C13H14INO4. The quantitative estimate of drug-likeness (QED) is 0.775. The molecular weight excluding hydrogens is 361 g/mol. The van der Waals surface area contributed by atoms with Crippen molar-refractivity contribution in [1.82, 2.24) is 4.90 Å². The minimum atomic E-state index is -0.793. The lowest BCUT2D eigenvalue weighted by Crippen LogP contribution is -2.40. The summed E-state index contributed by atoms with van der Waals surface area (Å²) < 4.78 is 0.693. The molecule has 6 heteroatoms. The van der Waals surface area contributed by atoms with E-state index in [0.29, 0.717) is 35.1 Å². The molecule has 1 fully saturated rings. The molecule has 2 rings (SSSR count). The van der Waals surface area contributed by atoms with Crippen LogP contribution >= 0.6 is 22.6 Å². The van der Waals surface area contributed by atoms with E-state index >= 15 is 0 Å². The van der Waals surface area contributed by atoms with E-state index in [-0.39, 0.29) is 17.6 Å². The zero-order chi connectivity index (χ0) is 14.0. The zero-order valence-corrected chi connectivity index (χ0v) is 12.3. The number of carboxylic acids is 1. The monoisotopic (exact) mass is 375 g/mol. The number of carbonyl (C=O) groups is 2. The molecule has 102 valence electrons. The molecule has 1 aromatic rings. The number of carbonyl (C=O) groups excluding carboxylic acids is 1. The molecule has 1 aliphatic heterocycles. The molecule has 1 aliphatic rings. The average Bonchev–Trinajstić information content (AvgIpc) is 2.41. The number of benzene rings is 1. The van der Waals surface area contributed by atoms with Gasteiger partial charge < -0.3 is 15.1 Å². The fraction of sp³-hybridized carbons (Fsp3) is 0.385. The molecule has 0 radical (unpaired) electrons. The van der Waals surface area contributed by atoms with Crippen LogP contribution in [0.2, 0.25) is 0 Å². The summed E-state index contributed by atoms with van der Waals surface area (Å²) in [5, 5.41) is 18.5. The van der Waals surface area contributed by atoms with Gasteiger partial charge in [-0.1, -0.05) is 0 Å². The number of phenols is 1. The van der Waals surface area contributed by atoms with Crippen molar-refractivity contribution < 1.29 is 19.8 Å². The summed E-state index contributed by atoms with van der Waals surface area (Å²) in [6.07, 6.45) is 0.967. The number of hydrogen-bond donors (Lipinski definition) is 2. The lowest BCUT2D eigenvalue weighted by molar-refractivity contribution is -0.143. The molecule has 19 heavy (non-hydrogen) atoms. The molecule has 0 atom stereocenters. The number of hydrogen-bond acceptors (Lipinski definition) is 3. The molecule has 0 unspecified atom stereocenters. The molecule has 0 saturated carbocycles. The summed E-state index contributed by atoms with van der Waals surface area (Å²) in [6.45, 7) is 0.894. The number of halogens is 1. The summed E-state index contributed by atoms with van der Waals surface area (Å²) in [4.78, 5) is 24.7. The van der Waals surface area contributed by atoms with Crippen LogP contribution in [-0.4, -0.2) is 40.1 Å². The van der Waals surface area contributed by atoms with Gasteiger partial charge in [-0.05, 0) is 53.6 Å². The number of aliphatic carboxylic acids is 1. The Morgan fingerprint density at radius 1 is 1.26 bits per heavy atom. The van der Waals surface area contributed by atoms with Crippen molar-refractivity contribution in [3.8, 4) is 5.75 Å². The second-order valence-electron chi connectivity index (χ2n) is 4.57. The van der Waals surface area contributed by atoms with Crippen molar-refractivity contribution in [2.24, 2.45) is 5.92 Å². The molecule has 0 aliphatic carbocycles. The minimum Gasteiger partial charge on any atom is -0.507 e. The maximum Gasteiger partial charge on any atom is 0.306 e. The Bertz CT molecular complexity index is 509. The summed E-state index contributed by atoms with van der Waals surface area (Å²) in [7, 11) is 0. The van der Waals surface area contributed by atoms with Gasteiger partial charge in [0.1, 0.15) is 5.75 Å². The van der Waals surface area contributed by atoms with Gasteiger partial charge in [-0.25, -0.2) is 0 Å². The van der Waals surface area contributed by atoms with Crippen molar-refractivity contribution >= 4 is 34.5 Å². The fourth-order valence-corrected chi connectivity index (χ4v) is 2.49. The summed E-state index contributed by atoms with van der Waals surface area (Å²) in [5.41, 5.74) is 0.437. The highest BCUT2D eigenvalue weighted by Gasteiger charge is 2.27. The molecule has 1 aromatic carbocycles. The van der Waals surface area contributed by atoms with E-state index in [4.69, 9.17) is 5.11 Å².